The number of hydrogen-bond donors (Lipinski definition) is 0. The molecular formula is C25H26ClN3O2S. The molecule has 1 aromatic heterocycles. The van der Waals surface area contributed by atoms with Gasteiger partial charge < -0.3 is 14.5 Å². The summed E-state index contributed by atoms with van der Waals surface area (Å²) in [5, 5.41) is 0.889. The van der Waals surface area contributed by atoms with Crippen LogP contribution in [0.15, 0.2) is 54.7 Å². The molecular weight excluding hydrogens is 442 g/mol. The Balaban J connectivity index is 1.45. The number of carbonyl (C=O) groups excluding carboxylic acids is 1. The highest BCUT2D eigenvalue weighted by atomic mass is 35.5. The van der Waals surface area contributed by atoms with E-state index >= 15 is 0 Å². The SMILES string of the molecule is CC(=O)N1CCC2(C1)CN(c1ncc(Cl)s1)c1ccc(OC(C)Cc3ccccc3)cc12. The Kier molecular flexibility index (Phi) is 5.59. The molecule has 5 nitrogen and oxygen atoms in total. The zero-order valence-corrected chi connectivity index (χ0v) is 19.8. The standard InChI is InChI=1S/C25H26ClN3O2S/c1-17(12-19-6-4-3-5-7-19)31-20-8-9-22-21(13-20)25(10-11-28(15-25)18(2)30)16-29(22)24-27-14-23(26)32-24/h3-9,13-14,17H,10-12,15-16H2,1-2H3. The molecule has 1 amide bonds. The second-order valence-corrected chi connectivity index (χ2v) is 10.4. The summed E-state index contributed by atoms with van der Waals surface area (Å²) in [6.07, 6.45) is 3.54. The normalized spacial score (nSPS) is 20.6. The molecule has 32 heavy (non-hydrogen) atoms. The highest BCUT2D eigenvalue weighted by Gasteiger charge is 2.49. The number of fused-ring (bicyclic) bond motifs is 2. The summed E-state index contributed by atoms with van der Waals surface area (Å²) in [5.74, 6) is 0.995. The third-order valence-corrected chi connectivity index (χ3v) is 7.63. The first-order valence-electron chi connectivity index (χ1n) is 10.9. The minimum absolute atomic E-state index is 0.0546. The Morgan fingerprint density at radius 2 is 2.06 bits per heavy atom. The molecule has 0 aliphatic carbocycles. The molecule has 2 unspecified atom stereocenters. The fourth-order valence-corrected chi connectivity index (χ4v) is 5.89. The van der Waals surface area contributed by atoms with Gasteiger partial charge in [0.15, 0.2) is 5.13 Å². The van der Waals surface area contributed by atoms with Crippen LogP contribution < -0.4 is 9.64 Å². The van der Waals surface area contributed by atoms with Gasteiger partial charge >= 0.3 is 0 Å². The molecule has 7 heteroatoms. The lowest BCUT2D eigenvalue weighted by Gasteiger charge is -2.25. The maximum atomic E-state index is 12.1. The Labute approximate surface area is 197 Å². The van der Waals surface area contributed by atoms with Crippen molar-refractivity contribution in [2.45, 2.75) is 38.2 Å². The van der Waals surface area contributed by atoms with Gasteiger partial charge in [0.1, 0.15) is 10.1 Å². The van der Waals surface area contributed by atoms with Gasteiger partial charge in [-0.15, -0.1) is 0 Å². The van der Waals surface area contributed by atoms with E-state index in [1.54, 1.807) is 13.1 Å². The number of amides is 1. The molecule has 2 atom stereocenters. The minimum atomic E-state index is -0.124. The van der Waals surface area contributed by atoms with Crippen molar-refractivity contribution in [1.29, 1.82) is 0 Å². The molecule has 3 aromatic rings. The number of halogens is 1. The summed E-state index contributed by atoms with van der Waals surface area (Å²) < 4.78 is 7.01. The number of nitrogens with zero attached hydrogens (tertiary/aromatic N) is 3. The van der Waals surface area contributed by atoms with Gasteiger partial charge in [0.2, 0.25) is 5.91 Å². The van der Waals surface area contributed by atoms with E-state index in [0.29, 0.717) is 10.9 Å². The Bertz CT molecular complexity index is 1140. The molecule has 3 heterocycles. The van der Waals surface area contributed by atoms with E-state index in [2.05, 4.69) is 53.2 Å². The van der Waals surface area contributed by atoms with Crippen LogP contribution in [-0.4, -0.2) is 41.5 Å². The van der Waals surface area contributed by atoms with Crippen molar-refractivity contribution in [3.8, 4) is 5.75 Å². The van der Waals surface area contributed by atoms with E-state index in [0.717, 1.165) is 42.5 Å². The second kappa shape index (κ2) is 8.41. The van der Waals surface area contributed by atoms with Gasteiger partial charge in [-0.3, -0.25) is 4.79 Å². The Morgan fingerprint density at radius 1 is 1.25 bits per heavy atom. The first-order valence-corrected chi connectivity index (χ1v) is 12.1. The lowest BCUT2D eigenvalue weighted by atomic mass is 9.81. The molecule has 166 valence electrons. The van der Waals surface area contributed by atoms with Crippen LogP contribution in [-0.2, 0) is 16.6 Å². The van der Waals surface area contributed by atoms with Gasteiger partial charge in [-0.05, 0) is 42.7 Å². The van der Waals surface area contributed by atoms with E-state index in [1.165, 1.54) is 22.5 Å². The van der Waals surface area contributed by atoms with E-state index in [4.69, 9.17) is 16.3 Å². The predicted octanol–water partition coefficient (Wildman–Crippen LogP) is 5.45. The van der Waals surface area contributed by atoms with Crippen molar-refractivity contribution in [3.05, 3.63) is 70.2 Å². The Hall–Kier alpha value is -2.57. The van der Waals surface area contributed by atoms with Crippen molar-refractivity contribution in [1.82, 2.24) is 9.88 Å². The molecule has 2 aliphatic heterocycles. The van der Waals surface area contributed by atoms with E-state index < -0.39 is 0 Å². The summed E-state index contributed by atoms with van der Waals surface area (Å²) in [4.78, 5) is 20.8. The number of ether oxygens (including phenoxy) is 1. The third-order valence-electron chi connectivity index (χ3n) is 6.49. The van der Waals surface area contributed by atoms with E-state index in [9.17, 15) is 4.79 Å². The fourth-order valence-electron chi connectivity index (χ4n) is 4.97. The van der Waals surface area contributed by atoms with Crippen LogP contribution >= 0.6 is 22.9 Å². The maximum Gasteiger partial charge on any atom is 0.219 e. The predicted molar refractivity (Wildman–Crippen MR) is 129 cm³/mol. The lowest BCUT2D eigenvalue weighted by Crippen LogP contribution is -2.36. The molecule has 0 bridgehead atoms. The minimum Gasteiger partial charge on any atom is -0.490 e. The van der Waals surface area contributed by atoms with Crippen LogP contribution in [0.2, 0.25) is 4.34 Å². The number of hydrogen-bond acceptors (Lipinski definition) is 5. The smallest absolute Gasteiger partial charge is 0.219 e. The summed E-state index contributed by atoms with van der Waals surface area (Å²) in [5.41, 5.74) is 3.50. The topological polar surface area (TPSA) is 45.7 Å². The van der Waals surface area contributed by atoms with Gasteiger partial charge in [0.05, 0.1) is 12.3 Å². The molecule has 1 fully saturated rings. The highest BCUT2D eigenvalue weighted by molar-refractivity contribution is 7.19. The summed E-state index contributed by atoms with van der Waals surface area (Å²) in [6.45, 7) is 6.04. The van der Waals surface area contributed by atoms with Gasteiger partial charge in [0.25, 0.3) is 0 Å². The zero-order valence-electron chi connectivity index (χ0n) is 18.3. The third kappa shape index (κ3) is 3.97. The average Bonchev–Trinajstić information content (AvgIpc) is 3.47. The lowest BCUT2D eigenvalue weighted by molar-refractivity contribution is -0.127. The van der Waals surface area contributed by atoms with Crippen molar-refractivity contribution < 1.29 is 9.53 Å². The second-order valence-electron chi connectivity index (χ2n) is 8.80. The molecule has 2 aliphatic rings. The summed E-state index contributed by atoms with van der Waals surface area (Å²) in [6, 6.07) is 16.7. The molecule has 2 aromatic carbocycles. The van der Waals surface area contributed by atoms with Crippen LogP contribution in [0.4, 0.5) is 10.8 Å². The maximum absolute atomic E-state index is 12.1. The zero-order chi connectivity index (χ0) is 22.3. The first-order chi connectivity index (χ1) is 15.4. The fraction of sp³-hybridized carbons (Fsp3) is 0.360. The highest BCUT2D eigenvalue weighted by Crippen LogP contribution is 2.51. The molecule has 0 radical (unpaired) electrons. The Morgan fingerprint density at radius 3 is 2.75 bits per heavy atom. The van der Waals surface area contributed by atoms with Crippen LogP contribution in [0.3, 0.4) is 0 Å². The van der Waals surface area contributed by atoms with Crippen molar-refractivity contribution in [2.75, 3.05) is 24.5 Å². The number of anilines is 2. The summed E-state index contributed by atoms with van der Waals surface area (Å²) in [7, 11) is 0. The van der Waals surface area contributed by atoms with Crippen LogP contribution in [0.1, 0.15) is 31.4 Å². The number of carbonyl (C=O) groups is 1. The number of aromatic nitrogens is 1. The molecule has 0 N–H and O–H groups in total. The first kappa shape index (κ1) is 21.3. The monoisotopic (exact) mass is 467 g/mol. The average molecular weight is 468 g/mol. The van der Waals surface area contributed by atoms with Crippen LogP contribution in [0, 0.1) is 0 Å². The number of likely N-dealkylation sites (tertiary alicyclic amines) is 1. The number of thiazole rings is 1. The van der Waals surface area contributed by atoms with Crippen molar-refractivity contribution >= 4 is 39.7 Å². The van der Waals surface area contributed by atoms with E-state index in [1.807, 2.05) is 17.0 Å². The van der Waals surface area contributed by atoms with E-state index in [-0.39, 0.29) is 17.4 Å². The molecule has 1 spiro atoms. The largest absolute Gasteiger partial charge is 0.490 e. The van der Waals surface area contributed by atoms with Crippen LogP contribution in [0.5, 0.6) is 5.75 Å². The molecule has 5 rings (SSSR count). The van der Waals surface area contributed by atoms with Crippen molar-refractivity contribution in [3.63, 3.8) is 0 Å². The molecule has 1 saturated heterocycles. The van der Waals surface area contributed by atoms with Gasteiger partial charge in [-0.25, -0.2) is 4.98 Å². The van der Waals surface area contributed by atoms with Gasteiger partial charge in [-0.1, -0.05) is 53.3 Å². The number of rotatable bonds is 5. The van der Waals surface area contributed by atoms with Crippen molar-refractivity contribution in [2.24, 2.45) is 0 Å². The molecule has 0 saturated carbocycles. The summed E-state index contributed by atoms with van der Waals surface area (Å²) >= 11 is 7.67. The van der Waals surface area contributed by atoms with Gasteiger partial charge in [0, 0.05) is 44.1 Å². The quantitative estimate of drug-likeness (QED) is 0.500. The number of benzene rings is 2. The van der Waals surface area contributed by atoms with Gasteiger partial charge in [-0.2, -0.15) is 0 Å². The van der Waals surface area contributed by atoms with Crippen LogP contribution in [0.25, 0.3) is 0 Å².